The van der Waals surface area contributed by atoms with Gasteiger partial charge in [0.05, 0.1) is 0 Å². The average molecular weight is 266 g/mol. The summed E-state index contributed by atoms with van der Waals surface area (Å²) in [5.41, 5.74) is 8.41. The lowest BCUT2D eigenvalue weighted by Gasteiger charge is -2.15. The predicted octanol–water partition coefficient (Wildman–Crippen LogP) is 4.77. The highest BCUT2D eigenvalue weighted by molar-refractivity contribution is 6.12. The molecule has 104 valence electrons. The molecule has 0 radical (unpaired) electrons. The lowest BCUT2D eigenvalue weighted by Crippen LogP contribution is -2.10. The fraction of sp³-hybridized carbons (Fsp3) is 0.316. The highest BCUT2D eigenvalue weighted by atomic mass is 16.1. The van der Waals surface area contributed by atoms with E-state index in [2.05, 4.69) is 19.9 Å². The van der Waals surface area contributed by atoms with E-state index in [9.17, 15) is 4.79 Å². The van der Waals surface area contributed by atoms with E-state index in [-0.39, 0.29) is 5.78 Å². The van der Waals surface area contributed by atoms with Gasteiger partial charge in [0.15, 0.2) is 5.78 Å². The van der Waals surface area contributed by atoms with E-state index in [0.717, 1.165) is 33.4 Å². The molecule has 0 fully saturated rings. The van der Waals surface area contributed by atoms with Gasteiger partial charge in [-0.05, 0) is 75.4 Å². The largest absolute Gasteiger partial charge is 0.289 e. The summed E-state index contributed by atoms with van der Waals surface area (Å²) in [5.74, 6) is 0.146. The molecule has 0 aliphatic rings. The maximum atomic E-state index is 13.0. The maximum Gasteiger partial charge on any atom is 0.193 e. The van der Waals surface area contributed by atoms with Crippen molar-refractivity contribution in [2.75, 3.05) is 0 Å². The third kappa shape index (κ3) is 2.40. The third-order valence-electron chi connectivity index (χ3n) is 4.23. The molecule has 0 aromatic heterocycles. The molecule has 1 heteroatoms. The van der Waals surface area contributed by atoms with Crippen LogP contribution in [0.5, 0.6) is 0 Å². The summed E-state index contributed by atoms with van der Waals surface area (Å²) in [7, 11) is 0. The number of ketones is 1. The molecule has 0 atom stereocenters. The predicted molar refractivity (Wildman–Crippen MR) is 84.7 cm³/mol. The normalized spacial score (nSPS) is 10.7. The van der Waals surface area contributed by atoms with Gasteiger partial charge in [-0.25, -0.2) is 0 Å². The first kappa shape index (κ1) is 14.5. The minimum Gasteiger partial charge on any atom is -0.289 e. The Kier molecular flexibility index (Phi) is 3.80. The fourth-order valence-electron chi connectivity index (χ4n) is 2.67. The Hall–Kier alpha value is -1.89. The minimum absolute atomic E-state index is 0.146. The second kappa shape index (κ2) is 5.24. The van der Waals surface area contributed by atoms with E-state index < -0.39 is 0 Å². The van der Waals surface area contributed by atoms with Gasteiger partial charge in [-0.1, -0.05) is 23.8 Å². The van der Waals surface area contributed by atoms with E-state index in [1.54, 1.807) is 0 Å². The summed E-state index contributed by atoms with van der Waals surface area (Å²) in [6.45, 7) is 12.3. The lowest BCUT2D eigenvalue weighted by molar-refractivity contribution is 0.103. The summed E-state index contributed by atoms with van der Waals surface area (Å²) < 4.78 is 0. The quantitative estimate of drug-likeness (QED) is 0.716. The van der Waals surface area contributed by atoms with Gasteiger partial charge in [0.2, 0.25) is 0 Å². The van der Waals surface area contributed by atoms with Crippen molar-refractivity contribution in [3.05, 3.63) is 68.8 Å². The lowest BCUT2D eigenvalue weighted by atomic mass is 9.88. The van der Waals surface area contributed by atoms with Gasteiger partial charge in [0.25, 0.3) is 0 Å². The number of hydrogen-bond acceptors (Lipinski definition) is 1. The van der Waals surface area contributed by atoms with Crippen molar-refractivity contribution >= 4 is 5.78 Å². The van der Waals surface area contributed by atoms with E-state index >= 15 is 0 Å². The van der Waals surface area contributed by atoms with Gasteiger partial charge in [-0.15, -0.1) is 0 Å². The van der Waals surface area contributed by atoms with Crippen molar-refractivity contribution in [3.63, 3.8) is 0 Å². The second-order valence-corrected chi connectivity index (χ2v) is 5.78. The van der Waals surface area contributed by atoms with E-state index in [1.807, 2.05) is 45.9 Å². The van der Waals surface area contributed by atoms with Gasteiger partial charge < -0.3 is 0 Å². The standard InChI is InChI=1S/C19H22O/c1-11-7-8-12(2)17(9-11)19(20)18-15(5)13(3)10-14(4)16(18)6/h7-10H,1-6H3. The van der Waals surface area contributed by atoms with Crippen LogP contribution in [0, 0.1) is 41.5 Å². The molecule has 0 heterocycles. The van der Waals surface area contributed by atoms with Crippen LogP contribution in [0.1, 0.15) is 49.3 Å². The summed E-state index contributed by atoms with van der Waals surface area (Å²) in [4.78, 5) is 13.0. The van der Waals surface area contributed by atoms with Crippen molar-refractivity contribution in [3.8, 4) is 0 Å². The van der Waals surface area contributed by atoms with Crippen molar-refractivity contribution in [2.24, 2.45) is 0 Å². The zero-order valence-corrected chi connectivity index (χ0v) is 13.2. The van der Waals surface area contributed by atoms with Crippen LogP contribution < -0.4 is 0 Å². The molecule has 0 spiro atoms. The fourth-order valence-corrected chi connectivity index (χ4v) is 2.67. The van der Waals surface area contributed by atoms with Crippen molar-refractivity contribution in [1.82, 2.24) is 0 Å². The number of benzene rings is 2. The van der Waals surface area contributed by atoms with Crippen molar-refractivity contribution < 1.29 is 4.79 Å². The first-order valence-electron chi connectivity index (χ1n) is 7.02. The molecule has 0 bridgehead atoms. The van der Waals surface area contributed by atoms with Crippen molar-refractivity contribution in [1.29, 1.82) is 0 Å². The van der Waals surface area contributed by atoms with Gasteiger partial charge in [0, 0.05) is 11.1 Å². The van der Waals surface area contributed by atoms with Crippen LogP contribution in [0.2, 0.25) is 0 Å². The van der Waals surface area contributed by atoms with Crippen LogP contribution in [0.3, 0.4) is 0 Å². The molecule has 0 aliphatic heterocycles. The molecule has 0 unspecified atom stereocenters. The molecule has 0 N–H and O–H groups in total. The molecule has 2 aromatic carbocycles. The molecule has 2 aromatic rings. The molecular weight excluding hydrogens is 244 g/mol. The Morgan fingerprint density at radius 3 is 1.85 bits per heavy atom. The number of carbonyl (C=O) groups is 1. The van der Waals surface area contributed by atoms with Crippen molar-refractivity contribution in [2.45, 2.75) is 41.5 Å². The first-order chi connectivity index (χ1) is 9.32. The summed E-state index contributed by atoms with van der Waals surface area (Å²) in [5, 5.41) is 0. The molecular formula is C19H22O. The van der Waals surface area contributed by atoms with Gasteiger partial charge in [0.1, 0.15) is 0 Å². The topological polar surface area (TPSA) is 17.1 Å². The number of carbonyl (C=O) groups excluding carboxylic acids is 1. The van der Waals surface area contributed by atoms with Crippen LogP contribution >= 0.6 is 0 Å². The Balaban J connectivity index is 2.68. The number of hydrogen-bond donors (Lipinski definition) is 0. The van der Waals surface area contributed by atoms with Gasteiger partial charge >= 0.3 is 0 Å². The highest BCUT2D eigenvalue weighted by Crippen LogP contribution is 2.25. The van der Waals surface area contributed by atoms with Crippen LogP contribution in [-0.2, 0) is 0 Å². The Labute approximate surface area is 121 Å². The monoisotopic (exact) mass is 266 g/mol. The molecule has 0 amide bonds. The van der Waals surface area contributed by atoms with E-state index in [1.165, 1.54) is 11.1 Å². The zero-order valence-electron chi connectivity index (χ0n) is 13.2. The number of rotatable bonds is 2. The average Bonchev–Trinajstić information content (AvgIpc) is 2.39. The van der Waals surface area contributed by atoms with E-state index in [4.69, 9.17) is 0 Å². The summed E-state index contributed by atoms with van der Waals surface area (Å²) in [6.07, 6.45) is 0. The van der Waals surface area contributed by atoms with Gasteiger partial charge in [-0.2, -0.15) is 0 Å². The maximum absolute atomic E-state index is 13.0. The molecule has 0 aliphatic carbocycles. The first-order valence-corrected chi connectivity index (χ1v) is 7.02. The second-order valence-electron chi connectivity index (χ2n) is 5.78. The van der Waals surface area contributed by atoms with Crippen LogP contribution in [0.15, 0.2) is 24.3 Å². The Morgan fingerprint density at radius 2 is 1.30 bits per heavy atom. The molecule has 2 rings (SSSR count). The van der Waals surface area contributed by atoms with E-state index in [0.29, 0.717) is 0 Å². The highest BCUT2D eigenvalue weighted by Gasteiger charge is 2.18. The minimum atomic E-state index is 0.146. The summed E-state index contributed by atoms with van der Waals surface area (Å²) in [6, 6.07) is 8.22. The van der Waals surface area contributed by atoms with Crippen LogP contribution in [-0.4, -0.2) is 5.78 Å². The SMILES string of the molecule is Cc1ccc(C)c(C(=O)c2c(C)c(C)cc(C)c2C)c1. The third-order valence-corrected chi connectivity index (χ3v) is 4.23. The Bertz CT molecular complexity index is 667. The molecule has 1 nitrogen and oxygen atoms in total. The number of aryl methyl sites for hydroxylation is 4. The smallest absolute Gasteiger partial charge is 0.193 e. The molecule has 0 saturated carbocycles. The molecule has 20 heavy (non-hydrogen) atoms. The van der Waals surface area contributed by atoms with Crippen LogP contribution in [0.4, 0.5) is 0 Å². The molecule has 0 saturated heterocycles. The Morgan fingerprint density at radius 1 is 0.750 bits per heavy atom. The zero-order chi connectivity index (χ0) is 15.0. The summed E-state index contributed by atoms with van der Waals surface area (Å²) >= 11 is 0. The van der Waals surface area contributed by atoms with Gasteiger partial charge in [-0.3, -0.25) is 4.79 Å². The van der Waals surface area contributed by atoms with Crippen LogP contribution in [0.25, 0.3) is 0 Å².